The molecule has 0 amide bonds. The SMILES string of the molecule is CCCCCCCC(=O)Oc1ccc(OCCCC)cc1OC(=O)CCCCCCC. The second-order valence-corrected chi connectivity index (χ2v) is 8.09. The van der Waals surface area contributed by atoms with Crippen LogP contribution in [0.25, 0.3) is 0 Å². The van der Waals surface area contributed by atoms with Gasteiger partial charge in [-0.05, 0) is 31.4 Å². The molecule has 0 aromatic heterocycles. The summed E-state index contributed by atoms with van der Waals surface area (Å²) in [5, 5.41) is 0. The van der Waals surface area contributed by atoms with Crippen LogP contribution in [-0.2, 0) is 9.59 Å². The first kappa shape index (κ1) is 27.0. The van der Waals surface area contributed by atoms with E-state index in [4.69, 9.17) is 14.2 Å². The minimum Gasteiger partial charge on any atom is -0.493 e. The number of carbonyl (C=O) groups is 2. The second-order valence-electron chi connectivity index (χ2n) is 8.09. The average Bonchev–Trinajstić information content (AvgIpc) is 2.75. The van der Waals surface area contributed by atoms with Gasteiger partial charge in [-0.3, -0.25) is 9.59 Å². The summed E-state index contributed by atoms with van der Waals surface area (Å²) in [7, 11) is 0. The zero-order valence-corrected chi connectivity index (χ0v) is 19.9. The highest BCUT2D eigenvalue weighted by molar-refractivity contribution is 5.76. The van der Waals surface area contributed by atoms with Crippen molar-refractivity contribution in [1.82, 2.24) is 0 Å². The van der Waals surface area contributed by atoms with E-state index < -0.39 is 0 Å². The largest absolute Gasteiger partial charge is 0.493 e. The molecule has 0 saturated heterocycles. The van der Waals surface area contributed by atoms with Crippen LogP contribution in [0.2, 0.25) is 0 Å². The first-order valence-electron chi connectivity index (χ1n) is 12.3. The van der Waals surface area contributed by atoms with E-state index in [1.165, 1.54) is 25.7 Å². The third-order valence-corrected chi connectivity index (χ3v) is 5.10. The molecule has 0 aliphatic rings. The fraction of sp³-hybridized carbons (Fsp3) is 0.692. The second kappa shape index (κ2) is 17.6. The molecular formula is C26H42O5. The van der Waals surface area contributed by atoms with Gasteiger partial charge in [0.05, 0.1) is 6.61 Å². The lowest BCUT2D eigenvalue weighted by molar-refractivity contribution is -0.137. The lowest BCUT2D eigenvalue weighted by atomic mass is 10.1. The Balaban J connectivity index is 2.67. The molecule has 0 aliphatic heterocycles. The average molecular weight is 435 g/mol. The van der Waals surface area contributed by atoms with Crippen molar-refractivity contribution in [3.8, 4) is 17.2 Å². The molecule has 176 valence electrons. The van der Waals surface area contributed by atoms with Crippen LogP contribution >= 0.6 is 0 Å². The Morgan fingerprint density at radius 3 is 1.71 bits per heavy atom. The summed E-state index contributed by atoms with van der Waals surface area (Å²) < 4.78 is 16.8. The number of esters is 2. The number of ether oxygens (including phenoxy) is 3. The van der Waals surface area contributed by atoms with E-state index in [1.807, 2.05) is 0 Å². The maximum Gasteiger partial charge on any atom is 0.311 e. The molecule has 1 aromatic carbocycles. The summed E-state index contributed by atoms with van der Waals surface area (Å²) in [6, 6.07) is 5.05. The lowest BCUT2D eigenvalue weighted by Gasteiger charge is -2.13. The van der Waals surface area contributed by atoms with Crippen molar-refractivity contribution < 1.29 is 23.8 Å². The Hall–Kier alpha value is -2.04. The predicted molar refractivity (Wildman–Crippen MR) is 125 cm³/mol. The molecule has 5 heteroatoms. The number of benzene rings is 1. The van der Waals surface area contributed by atoms with Crippen molar-refractivity contribution in [2.75, 3.05) is 6.61 Å². The van der Waals surface area contributed by atoms with Crippen LogP contribution in [-0.4, -0.2) is 18.5 Å². The van der Waals surface area contributed by atoms with E-state index in [0.29, 0.717) is 25.2 Å². The first-order chi connectivity index (χ1) is 15.1. The van der Waals surface area contributed by atoms with Crippen LogP contribution in [0.5, 0.6) is 17.2 Å². The van der Waals surface area contributed by atoms with Gasteiger partial charge in [-0.15, -0.1) is 0 Å². The Kier molecular flexibility index (Phi) is 15.3. The van der Waals surface area contributed by atoms with Gasteiger partial charge in [0.25, 0.3) is 0 Å². The number of unbranched alkanes of at least 4 members (excludes halogenated alkanes) is 9. The van der Waals surface area contributed by atoms with Gasteiger partial charge in [-0.25, -0.2) is 0 Å². The van der Waals surface area contributed by atoms with Gasteiger partial charge in [-0.1, -0.05) is 78.6 Å². The monoisotopic (exact) mass is 434 g/mol. The van der Waals surface area contributed by atoms with Crippen molar-refractivity contribution in [1.29, 1.82) is 0 Å². The smallest absolute Gasteiger partial charge is 0.311 e. The Morgan fingerprint density at radius 2 is 1.16 bits per heavy atom. The van der Waals surface area contributed by atoms with E-state index in [2.05, 4.69) is 20.8 Å². The minimum absolute atomic E-state index is 0.256. The molecule has 0 radical (unpaired) electrons. The molecule has 0 saturated carbocycles. The highest BCUT2D eigenvalue weighted by atomic mass is 16.6. The third kappa shape index (κ3) is 13.1. The van der Waals surface area contributed by atoms with Crippen molar-refractivity contribution in [3.05, 3.63) is 18.2 Å². The molecule has 0 unspecified atom stereocenters. The zero-order chi connectivity index (χ0) is 22.7. The first-order valence-corrected chi connectivity index (χ1v) is 12.3. The highest BCUT2D eigenvalue weighted by Gasteiger charge is 2.15. The van der Waals surface area contributed by atoms with Gasteiger partial charge in [-0.2, -0.15) is 0 Å². The summed E-state index contributed by atoms with van der Waals surface area (Å²) in [6.07, 6.45) is 13.3. The van der Waals surface area contributed by atoms with Gasteiger partial charge in [0.2, 0.25) is 0 Å². The summed E-state index contributed by atoms with van der Waals surface area (Å²) in [4.78, 5) is 24.6. The third-order valence-electron chi connectivity index (χ3n) is 5.10. The topological polar surface area (TPSA) is 61.8 Å². The summed E-state index contributed by atoms with van der Waals surface area (Å²) >= 11 is 0. The predicted octanol–water partition coefficient (Wildman–Crippen LogP) is 7.40. The minimum atomic E-state index is -0.306. The normalized spacial score (nSPS) is 10.7. The van der Waals surface area contributed by atoms with Gasteiger partial charge in [0.15, 0.2) is 11.5 Å². The molecule has 0 aliphatic carbocycles. The fourth-order valence-corrected chi connectivity index (χ4v) is 3.17. The lowest BCUT2D eigenvalue weighted by Crippen LogP contribution is -2.12. The van der Waals surface area contributed by atoms with Crippen LogP contribution in [0.1, 0.15) is 111 Å². The van der Waals surface area contributed by atoms with E-state index in [-0.39, 0.29) is 23.4 Å². The van der Waals surface area contributed by atoms with Crippen molar-refractivity contribution in [2.45, 2.75) is 111 Å². The molecule has 31 heavy (non-hydrogen) atoms. The quantitative estimate of drug-likeness (QED) is 0.137. The van der Waals surface area contributed by atoms with Crippen molar-refractivity contribution in [3.63, 3.8) is 0 Å². The summed E-state index contributed by atoms with van der Waals surface area (Å²) in [5.41, 5.74) is 0. The van der Waals surface area contributed by atoms with Crippen LogP contribution in [0.15, 0.2) is 18.2 Å². The molecule has 0 spiro atoms. The standard InChI is InChI=1S/C26H42O5/c1-4-7-10-12-14-16-25(27)30-23-19-18-22(29-20-9-6-3)21-24(23)31-26(28)17-15-13-11-8-5-2/h18-19,21H,4-17,20H2,1-3H3. The van der Waals surface area contributed by atoms with Crippen LogP contribution in [0.4, 0.5) is 0 Å². The van der Waals surface area contributed by atoms with E-state index in [0.717, 1.165) is 51.4 Å². The molecule has 1 rings (SSSR count). The Bertz CT molecular complexity index is 626. The number of rotatable bonds is 18. The summed E-state index contributed by atoms with van der Waals surface area (Å²) in [6.45, 7) is 7.02. The number of carbonyl (C=O) groups excluding carboxylic acids is 2. The number of hydrogen-bond donors (Lipinski definition) is 0. The molecule has 0 fully saturated rings. The number of hydrogen-bond acceptors (Lipinski definition) is 5. The van der Waals surface area contributed by atoms with Crippen molar-refractivity contribution >= 4 is 11.9 Å². The molecule has 1 aromatic rings. The van der Waals surface area contributed by atoms with Gasteiger partial charge in [0.1, 0.15) is 5.75 Å². The maximum absolute atomic E-state index is 12.3. The van der Waals surface area contributed by atoms with Crippen LogP contribution < -0.4 is 14.2 Å². The maximum atomic E-state index is 12.3. The van der Waals surface area contributed by atoms with Gasteiger partial charge in [0, 0.05) is 18.9 Å². The van der Waals surface area contributed by atoms with Gasteiger partial charge < -0.3 is 14.2 Å². The molecule has 0 bridgehead atoms. The van der Waals surface area contributed by atoms with Crippen LogP contribution in [0.3, 0.4) is 0 Å². The van der Waals surface area contributed by atoms with Crippen molar-refractivity contribution in [2.24, 2.45) is 0 Å². The Labute approximate surface area is 188 Å². The highest BCUT2D eigenvalue weighted by Crippen LogP contribution is 2.32. The molecule has 5 nitrogen and oxygen atoms in total. The van der Waals surface area contributed by atoms with E-state index in [1.54, 1.807) is 18.2 Å². The summed E-state index contributed by atoms with van der Waals surface area (Å²) in [5.74, 6) is 0.540. The van der Waals surface area contributed by atoms with Gasteiger partial charge >= 0.3 is 11.9 Å². The van der Waals surface area contributed by atoms with E-state index in [9.17, 15) is 9.59 Å². The zero-order valence-electron chi connectivity index (χ0n) is 19.9. The Morgan fingerprint density at radius 1 is 0.645 bits per heavy atom. The molecule has 0 heterocycles. The van der Waals surface area contributed by atoms with E-state index >= 15 is 0 Å². The van der Waals surface area contributed by atoms with Crippen LogP contribution in [0, 0.1) is 0 Å². The molecule has 0 N–H and O–H groups in total. The molecular weight excluding hydrogens is 392 g/mol. The molecule has 0 atom stereocenters. The fourth-order valence-electron chi connectivity index (χ4n) is 3.17.